The van der Waals surface area contributed by atoms with Gasteiger partial charge in [0.1, 0.15) is 17.5 Å². The highest BCUT2D eigenvalue weighted by Gasteiger charge is 2.52. The van der Waals surface area contributed by atoms with Crippen LogP contribution in [0.5, 0.6) is 11.6 Å². The van der Waals surface area contributed by atoms with Crippen LogP contribution in [-0.4, -0.2) is 21.8 Å². The Balaban J connectivity index is 1.78. The molecule has 1 N–H and O–H groups in total. The lowest BCUT2D eigenvalue weighted by atomic mass is 9.84. The zero-order valence-electron chi connectivity index (χ0n) is 13.2. The zero-order valence-corrected chi connectivity index (χ0v) is 13.2. The molecule has 0 radical (unpaired) electrons. The molecule has 1 aliphatic heterocycles. The molecule has 0 amide bonds. The monoisotopic (exact) mass is 322 g/mol. The fourth-order valence-electron chi connectivity index (χ4n) is 3.70. The lowest BCUT2D eigenvalue weighted by Gasteiger charge is -2.43. The normalized spacial score (nSPS) is 24.0. The number of aliphatic hydroxyl groups excluding tert-OH is 1. The maximum absolute atomic E-state index is 11.0. The Bertz CT molecular complexity index is 779. The SMILES string of the molecule is N#Cc1ccc2c(c1)C(Oc1ccccn1)C(O)C1(CCCC1)O2. The van der Waals surface area contributed by atoms with Crippen LogP contribution in [0, 0.1) is 11.3 Å². The Kier molecular flexibility index (Phi) is 3.62. The fourth-order valence-corrected chi connectivity index (χ4v) is 3.70. The van der Waals surface area contributed by atoms with Crippen molar-refractivity contribution in [2.75, 3.05) is 0 Å². The highest BCUT2D eigenvalue weighted by atomic mass is 16.5. The molecule has 1 aliphatic carbocycles. The van der Waals surface area contributed by atoms with Gasteiger partial charge in [-0.2, -0.15) is 5.26 Å². The second-order valence-electron chi connectivity index (χ2n) is 6.39. The minimum absolute atomic E-state index is 0.449. The minimum atomic E-state index is -0.802. The molecule has 5 nitrogen and oxygen atoms in total. The van der Waals surface area contributed by atoms with Crippen LogP contribution in [0.2, 0.25) is 0 Å². The quantitative estimate of drug-likeness (QED) is 0.919. The minimum Gasteiger partial charge on any atom is -0.484 e. The molecule has 1 aromatic carbocycles. The van der Waals surface area contributed by atoms with Gasteiger partial charge in [0.05, 0.1) is 11.6 Å². The maximum atomic E-state index is 11.0. The van der Waals surface area contributed by atoms with Crippen LogP contribution in [0.25, 0.3) is 0 Å². The van der Waals surface area contributed by atoms with Crippen LogP contribution in [0.15, 0.2) is 42.6 Å². The Morgan fingerprint density at radius 2 is 2.08 bits per heavy atom. The van der Waals surface area contributed by atoms with E-state index in [2.05, 4.69) is 11.1 Å². The third-order valence-corrected chi connectivity index (χ3v) is 4.92. The standard InChI is InChI=1S/C19H18N2O3/c20-12-13-6-7-15-14(11-13)17(23-16-5-1-4-10-21-16)18(22)19(24-15)8-2-3-9-19/h1,4-7,10-11,17-18,22H,2-3,8-9H2. The summed E-state index contributed by atoms with van der Waals surface area (Å²) in [6, 6.07) is 12.8. The fraction of sp³-hybridized carbons (Fsp3) is 0.368. The molecule has 4 rings (SSSR count). The molecule has 2 aromatic rings. The Hall–Kier alpha value is -2.58. The summed E-state index contributed by atoms with van der Waals surface area (Å²) in [6.07, 6.45) is 3.90. The van der Waals surface area contributed by atoms with Crippen LogP contribution >= 0.6 is 0 Å². The molecule has 0 bridgehead atoms. The highest BCUT2D eigenvalue weighted by Crippen LogP contribution is 2.48. The number of pyridine rings is 1. The van der Waals surface area contributed by atoms with Gasteiger partial charge in [-0.3, -0.25) is 0 Å². The molecule has 2 heterocycles. The number of nitriles is 1. The molecular weight excluding hydrogens is 304 g/mol. The van der Waals surface area contributed by atoms with Gasteiger partial charge in [0.2, 0.25) is 5.88 Å². The van der Waals surface area contributed by atoms with Crippen molar-refractivity contribution < 1.29 is 14.6 Å². The number of hydrogen-bond donors (Lipinski definition) is 1. The maximum Gasteiger partial charge on any atom is 0.213 e. The van der Waals surface area contributed by atoms with E-state index in [4.69, 9.17) is 9.47 Å². The van der Waals surface area contributed by atoms with Gasteiger partial charge in [0, 0.05) is 17.8 Å². The largest absolute Gasteiger partial charge is 0.484 e. The summed E-state index contributed by atoms with van der Waals surface area (Å²) < 4.78 is 12.2. The predicted molar refractivity (Wildman–Crippen MR) is 86.6 cm³/mol. The molecule has 1 aromatic heterocycles. The first-order valence-electron chi connectivity index (χ1n) is 8.21. The predicted octanol–water partition coefficient (Wildman–Crippen LogP) is 3.14. The third-order valence-electron chi connectivity index (χ3n) is 4.92. The highest BCUT2D eigenvalue weighted by molar-refractivity contribution is 5.46. The molecule has 2 atom stereocenters. The number of ether oxygens (including phenoxy) is 2. The Morgan fingerprint density at radius 1 is 1.25 bits per heavy atom. The number of aliphatic hydroxyl groups is 1. The van der Waals surface area contributed by atoms with Crippen molar-refractivity contribution in [3.63, 3.8) is 0 Å². The van der Waals surface area contributed by atoms with Crippen molar-refractivity contribution in [1.82, 2.24) is 4.98 Å². The molecular formula is C19H18N2O3. The van der Waals surface area contributed by atoms with E-state index in [1.807, 2.05) is 12.1 Å². The topological polar surface area (TPSA) is 75.4 Å². The zero-order chi connectivity index (χ0) is 16.6. The van der Waals surface area contributed by atoms with Crippen molar-refractivity contribution in [3.8, 4) is 17.7 Å². The smallest absolute Gasteiger partial charge is 0.213 e. The Labute approximate surface area is 140 Å². The molecule has 1 fully saturated rings. The number of hydrogen-bond acceptors (Lipinski definition) is 5. The van der Waals surface area contributed by atoms with E-state index in [-0.39, 0.29) is 0 Å². The summed E-state index contributed by atoms with van der Waals surface area (Å²) in [5.41, 5.74) is 0.604. The molecule has 1 spiro atoms. The molecule has 24 heavy (non-hydrogen) atoms. The van der Waals surface area contributed by atoms with Gasteiger partial charge in [-0.05, 0) is 49.9 Å². The van der Waals surface area contributed by atoms with E-state index in [9.17, 15) is 10.4 Å². The number of aromatic nitrogens is 1. The van der Waals surface area contributed by atoms with Gasteiger partial charge in [-0.25, -0.2) is 4.98 Å². The summed E-state index contributed by atoms with van der Waals surface area (Å²) in [5, 5.41) is 20.2. The average molecular weight is 322 g/mol. The summed E-state index contributed by atoms with van der Waals surface area (Å²) in [4.78, 5) is 4.20. The van der Waals surface area contributed by atoms with Crippen LogP contribution in [-0.2, 0) is 0 Å². The van der Waals surface area contributed by atoms with Gasteiger partial charge >= 0.3 is 0 Å². The van der Waals surface area contributed by atoms with Gasteiger partial charge in [0.25, 0.3) is 0 Å². The average Bonchev–Trinajstić information content (AvgIpc) is 3.09. The van der Waals surface area contributed by atoms with E-state index < -0.39 is 17.8 Å². The molecule has 1 saturated carbocycles. The van der Waals surface area contributed by atoms with Crippen molar-refractivity contribution in [2.24, 2.45) is 0 Å². The van der Waals surface area contributed by atoms with Gasteiger partial charge in [-0.15, -0.1) is 0 Å². The molecule has 122 valence electrons. The van der Waals surface area contributed by atoms with Crippen LogP contribution in [0.3, 0.4) is 0 Å². The van der Waals surface area contributed by atoms with Gasteiger partial charge in [0.15, 0.2) is 6.10 Å². The molecule has 2 unspecified atom stereocenters. The van der Waals surface area contributed by atoms with E-state index >= 15 is 0 Å². The van der Waals surface area contributed by atoms with E-state index in [1.54, 1.807) is 30.5 Å². The summed E-state index contributed by atoms with van der Waals surface area (Å²) in [5.74, 6) is 1.13. The lowest BCUT2D eigenvalue weighted by Crippen LogP contribution is -2.52. The molecule has 0 saturated heterocycles. The van der Waals surface area contributed by atoms with Gasteiger partial charge < -0.3 is 14.6 Å². The number of fused-ring (bicyclic) bond motifs is 1. The van der Waals surface area contributed by atoms with E-state index in [0.29, 0.717) is 22.8 Å². The second kappa shape index (κ2) is 5.81. The van der Waals surface area contributed by atoms with Gasteiger partial charge in [-0.1, -0.05) is 6.07 Å². The summed E-state index contributed by atoms with van der Waals surface area (Å²) >= 11 is 0. The summed E-state index contributed by atoms with van der Waals surface area (Å²) in [7, 11) is 0. The van der Waals surface area contributed by atoms with Crippen molar-refractivity contribution in [1.29, 1.82) is 5.26 Å². The van der Waals surface area contributed by atoms with Crippen molar-refractivity contribution in [2.45, 2.75) is 43.5 Å². The van der Waals surface area contributed by atoms with Crippen LogP contribution in [0.4, 0.5) is 0 Å². The Morgan fingerprint density at radius 3 is 2.79 bits per heavy atom. The second-order valence-corrected chi connectivity index (χ2v) is 6.39. The third kappa shape index (κ3) is 2.40. The van der Waals surface area contributed by atoms with Crippen LogP contribution < -0.4 is 9.47 Å². The van der Waals surface area contributed by atoms with E-state index in [1.165, 1.54) is 0 Å². The van der Waals surface area contributed by atoms with E-state index in [0.717, 1.165) is 25.7 Å². The number of nitrogens with zero attached hydrogens (tertiary/aromatic N) is 2. The number of rotatable bonds is 2. The van der Waals surface area contributed by atoms with Crippen molar-refractivity contribution >= 4 is 0 Å². The van der Waals surface area contributed by atoms with Crippen LogP contribution in [0.1, 0.15) is 42.9 Å². The van der Waals surface area contributed by atoms with Crippen molar-refractivity contribution in [3.05, 3.63) is 53.7 Å². The first kappa shape index (κ1) is 15.0. The first-order valence-corrected chi connectivity index (χ1v) is 8.21. The summed E-state index contributed by atoms with van der Waals surface area (Å²) in [6.45, 7) is 0. The molecule has 2 aliphatic rings. The lowest BCUT2D eigenvalue weighted by molar-refractivity contribution is -0.119. The first-order chi connectivity index (χ1) is 11.7. The number of benzene rings is 1. The molecule has 5 heteroatoms.